The first-order valence-corrected chi connectivity index (χ1v) is 5.88. The highest BCUT2D eigenvalue weighted by atomic mass is 35.5. The van der Waals surface area contributed by atoms with Crippen molar-refractivity contribution in [3.05, 3.63) is 70.5 Å². The van der Waals surface area contributed by atoms with E-state index in [-0.39, 0.29) is 16.1 Å². The Labute approximate surface area is 114 Å². The normalized spacial score (nSPS) is 13.8. The molecule has 19 heavy (non-hydrogen) atoms. The largest absolute Gasteiger partial charge is 0.372 e. The summed E-state index contributed by atoms with van der Waals surface area (Å²) in [7, 11) is 0. The lowest BCUT2D eigenvalue weighted by Crippen LogP contribution is -2.42. The van der Waals surface area contributed by atoms with Gasteiger partial charge in [0.2, 0.25) is 0 Å². The summed E-state index contributed by atoms with van der Waals surface area (Å²) < 4.78 is 14.0. The maximum Gasteiger partial charge on any atom is 0.258 e. The second kappa shape index (κ2) is 4.99. The second-order valence-corrected chi connectivity index (χ2v) is 4.45. The molecule has 1 unspecified atom stereocenters. The fraction of sp³-hybridized carbons (Fsp3) is 0.0714. The molecular weight excluding hydrogens is 269 g/mol. The van der Waals surface area contributed by atoms with Crippen LogP contribution in [0.2, 0.25) is 5.02 Å². The first-order valence-electron chi connectivity index (χ1n) is 5.50. The Morgan fingerprint density at radius 2 is 1.79 bits per heavy atom. The van der Waals surface area contributed by atoms with Gasteiger partial charge in [-0.15, -0.1) is 0 Å². The molecule has 98 valence electrons. The van der Waals surface area contributed by atoms with Gasteiger partial charge in [0.05, 0.1) is 5.02 Å². The molecular formula is C14H11ClFNO2. The predicted octanol–water partition coefficient (Wildman–Crippen LogP) is 2.20. The van der Waals surface area contributed by atoms with Gasteiger partial charge in [-0.3, -0.25) is 4.79 Å². The van der Waals surface area contributed by atoms with Crippen LogP contribution >= 0.6 is 11.6 Å². The molecule has 0 fully saturated rings. The molecule has 3 N–H and O–H groups in total. The zero-order chi connectivity index (χ0) is 14.0. The van der Waals surface area contributed by atoms with E-state index in [0.717, 1.165) is 0 Å². The van der Waals surface area contributed by atoms with Crippen molar-refractivity contribution in [2.24, 2.45) is 5.73 Å². The Morgan fingerprint density at radius 3 is 2.37 bits per heavy atom. The van der Waals surface area contributed by atoms with E-state index < -0.39 is 17.3 Å². The van der Waals surface area contributed by atoms with E-state index in [4.69, 9.17) is 17.3 Å². The number of primary amides is 1. The van der Waals surface area contributed by atoms with Crippen LogP contribution in [-0.2, 0) is 10.4 Å². The molecule has 2 aromatic rings. The van der Waals surface area contributed by atoms with E-state index in [1.807, 2.05) is 0 Å². The summed E-state index contributed by atoms with van der Waals surface area (Å²) in [6, 6.07) is 12.0. The predicted molar refractivity (Wildman–Crippen MR) is 70.0 cm³/mol. The van der Waals surface area contributed by atoms with Crippen LogP contribution in [-0.4, -0.2) is 11.0 Å². The van der Waals surface area contributed by atoms with Gasteiger partial charge in [-0.2, -0.15) is 0 Å². The molecule has 0 aromatic heterocycles. The van der Waals surface area contributed by atoms with E-state index in [9.17, 15) is 14.3 Å². The van der Waals surface area contributed by atoms with Crippen LogP contribution in [0.25, 0.3) is 0 Å². The van der Waals surface area contributed by atoms with Crippen molar-refractivity contribution in [3.63, 3.8) is 0 Å². The topological polar surface area (TPSA) is 63.3 Å². The minimum absolute atomic E-state index is 0.184. The molecule has 3 nitrogen and oxygen atoms in total. The number of hydrogen-bond acceptors (Lipinski definition) is 2. The Balaban J connectivity index is 2.71. The number of halogens is 2. The average Bonchev–Trinajstić information content (AvgIpc) is 2.42. The molecule has 0 heterocycles. The number of carbonyl (C=O) groups excluding carboxylic acids is 1. The van der Waals surface area contributed by atoms with Crippen molar-refractivity contribution < 1.29 is 14.3 Å². The van der Waals surface area contributed by atoms with Gasteiger partial charge < -0.3 is 10.8 Å². The molecule has 0 aliphatic heterocycles. The first-order chi connectivity index (χ1) is 8.98. The maximum atomic E-state index is 14.0. The summed E-state index contributed by atoms with van der Waals surface area (Å²) in [6.45, 7) is 0. The van der Waals surface area contributed by atoms with Gasteiger partial charge in [-0.05, 0) is 11.6 Å². The van der Waals surface area contributed by atoms with Crippen LogP contribution < -0.4 is 5.73 Å². The van der Waals surface area contributed by atoms with Crippen LogP contribution in [0.15, 0.2) is 48.5 Å². The smallest absolute Gasteiger partial charge is 0.258 e. The van der Waals surface area contributed by atoms with E-state index in [1.165, 1.54) is 30.3 Å². The van der Waals surface area contributed by atoms with Gasteiger partial charge in [0.15, 0.2) is 5.60 Å². The summed E-state index contributed by atoms with van der Waals surface area (Å²) in [5.41, 5.74) is 2.92. The SMILES string of the molecule is NC(=O)C(O)(c1ccccc1)c1cccc(Cl)c1F. The summed E-state index contributed by atoms with van der Waals surface area (Å²) in [5, 5.41) is 10.4. The fourth-order valence-corrected chi connectivity index (χ4v) is 2.07. The molecule has 0 aliphatic rings. The number of carbonyl (C=O) groups is 1. The molecule has 0 spiro atoms. The number of benzene rings is 2. The lowest BCUT2D eigenvalue weighted by molar-refractivity contribution is -0.133. The summed E-state index contributed by atoms with van der Waals surface area (Å²) >= 11 is 5.67. The summed E-state index contributed by atoms with van der Waals surface area (Å²) in [5.74, 6) is -1.94. The second-order valence-electron chi connectivity index (χ2n) is 4.04. The quantitative estimate of drug-likeness (QED) is 0.905. The molecule has 0 saturated carbocycles. The lowest BCUT2D eigenvalue weighted by atomic mass is 9.85. The van der Waals surface area contributed by atoms with E-state index in [0.29, 0.717) is 0 Å². The molecule has 0 aliphatic carbocycles. The highest BCUT2D eigenvalue weighted by Crippen LogP contribution is 2.33. The third kappa shape index (κ3) is 2.20. The number of amides is 1. The Morgan fingerprint density at radius 1 is 1.16 bits per heavy atom. The number of nitrogens with two attached hydrogens (primary N) is 1. The molecule has 5 heteroatoms. The van der Waals surface area contributed by atoms with Crippen molar-refractivity contribution in [2.75, 3.05) is 0 Å². The van der Waals surface area contributed by atoms with Crippen LogP contribution in [0.5, 0.6) is 0 Å². The average molecular weight is 280 g/mol. The van der Waals surface area contributed by atoms with Crippen molar-refractivity contribution in [3.8, 4) is 0 Å². The van der Waals surface area contributed by atoms with Crippen molar-refractivity contribution in [1.29, 1.82) is 0 Å². The first kappa shape index (κ1) is 13.5. The Kier molecular flexibility index (Phi) is 3.55. The number of hydrogen-bond donors (Lipinski definition) is 2. The van der Waals surface area contributed by atoms with Gasteiger partial charge >= 0.3 is 0 Å². The number of rotatable bonds is 3. The zero-order valence-corrected chi connectivity index (χ0v) is 10.6. The van der Waals surface area contributed by atoms with Crippen molar-refractivity contribution in [1.82, 2.24) is 0 Å². The van der Waals surface area contributed by atoms with Crippen molar-refractivity contribution in [2.45, 2.75) is 5.60 Å². The highest BCUT2D eigenvalue weighted by Gasteiger charge is 2.40. The molecule has 0 radical (unpaired) electrons. The van der Waals surface area contributed by atoms with Gasteiger partial charge in [0.25, 0.3) is 5.91 Å². The van der Waals surface area contributed by atoms with Crippen LogP contribution in [0, 0.1) is 5.82 Å². The molecule has 2 aromatic carbocycles. The molecule has 1 amide bonds. The van der Waals surface area contributed by atoms with Crippen LogP contribution in [0.3, 0.4) is 0 Å². The third-order valence-electron chi connectivity index (χ3n) is 2.89. The third-order valence-corrected chi connectivity index (χ3v) is 3.18. The maximum absolute atomic E-state index is 14.0. The van der Waals surface area contributed by atoms with Gasteiger partial charge in [-0.1, -0.05) is 54.1 Å². The standard InChI is InChI=1S/C14H11ClFNO2/c15-11-8-4-7-10(12(11)16)14(19,13(17)18)9-5-2-1-3-6-9/h1-8,19H,(H2,17,18). The Hall–Kier alpha value is -1.91. The van der Waals surface area contributed by atoms with Crippen molar-refractivity contribution >= 4 is 17.5 Å². The van der Waals surface area contributed by atoms with E-state index in [1.54, 1.807) is 18.2 Å². The number of aliphatic hydroxyl groups is 1. The van der Waals surface area contributed by atoms with Crippen LogP contribution in [0.1, 0.15) is 11.1 Å². The monoisotopic (exact) mass is 279 g/mol. The highest BCUT2D eigenvalue weighted by molar-refractivity contribution is 6.30. The van der Waals surface area contributed by atoms with E-state index >= 15 is 0 Å². The minimum atomic E-state index is -2.25. The summed E-state index contributed by atoms with van der Waals surface area (Å²) in [4.78, 5) is 11.6. The van der Waals surface area contributed by atoms with Gasteiger partial charge in [0.1, 0.15) is 5.82 Å². The summed E-state index contributed by atoms with van der Waals surface area (Å²) in [6.07, 6.45) is 0. The van der Waals surface area contributed by atoms with E-state index in [2.05, 4.69) is 0 Å². The Bertz CT molecular complexity index is 618. The van der Waals surface area contributed by atoms with Gasteiger partial charge in [-0.25, -0.2) is 4.39 Å². The lowest BCUT2D eigenvalue weighted by Gasteiger charge is -2.26. The van der Waals surface area contributed by atoms with Gasteiger partial charge in [0, 0.05) is 5.56 Å². The molecule has 0 saturated heterocycles. The van der Waals surface area contributed by atoms with Crippen LogP contribution in [0.4, 0.5) is 4.39 Å². The molecule has 1 atom stereocenters. The fourth-order valence-electron chi connectivity index (χ4n) is 1.89. The minimum Gasteiger partial charge on any atom is -0.372 e. The molecule has 0 bridgehead atoms. The molecule has 2 rings (SSSR count). The zero-order valence-electron chi connectivity index (χ0n) is 9.81.